The van der Waals surface area contributed by atoms with Gasteiger partial charge in [-0.15, -0.1) is 0 Å². The third-order valence-corrected chi connectivity index (χ3v) is 3.75. The largest absolute Gasteiger partial charge is 0.493 e. The third-order valence-electron chi connectivity index (χ3n) is 3.75. The lowest BCUT2D eigenvalue weighted by Crippen LogP contribution is -2.57. The Balaban J connectivity index is 1.75. The highest BCUT2D eigenvalue weighted by Gasteiger charge is 2.41. The maximum Gasteiger partial charge on any atom is 0.329 e. The van der Waals surface area contributed by atoms with E-state index in [0.717, 1.165) is 0 Å². The molecule has 6 nitrogen and oxygen atoms in total. The average Bonchev–Trinajstić information content (AvgIpc) is 2.52. The predicted octanol–water partition coefficient (Wildman–Crippen LogP) is 1.73. The second-order valence-corrected chi connectivity index (χ2v) is 5.46. The highest BCUT2D eigenvalue weighted by Crippen LogP contribution is 2.21. The first-order valence-corrected chi connectivity index (χ1v) is 7.52. The van der Waals surface area contributed by atoms with Crippen LogP contribution in [0.25, 0.3) is 0 Å². The van der Waals surface area contributed by atoms with Gasteiger partial charge in [0.25, 0.3) is 0 Å². The Labute approximate surface area is 133 Å². The van der Waals surface area contributed by atoms with Gasteiger partial charge in [0, 0.05) is 38.5 Å². The summed E-state index contributed by atoms with van der Waals surface area (Å²) in [6.45, 7) is 0.880. The summed E-state index contributed by atoms with van der Waals surface area (Å²) in [5.41, 5.74) is -1.24. The van der Waals surface area contributed by atoms with E-state index in [2.05, 4.69) is 5.32 Å². The lowest BCUT2D eigenvalue weighted by Gasteiger charge is -2.33. The molecule has 0 atom stereocenters. The summed E-state index contributed by atoms with van der Waals surface area (Å²) in [4.78, 5) is 23.4. The van der Waals surface area contributed by atoms with Crippen LogP contribution in [0.3, 0.4) is 0 Å². The molecule has 1 aromatic rings. The van der Waals surface area contributed by atoms with Gasteiger partial charge in [-0.1, -0.05) is 6.07 Å². The zero-order valence-corrected chi connectivity index (χ0v) is 12.7. The molecule has 0 aromatic heterocycles. The summed E-state index contributed by atoms with van der Waals surface area (Å²) >= 11 is 0. The van der Waals surface area contributed by atoms with Gasteiger partial charge in [-0.2, -0.15) is 0 Å². The molecule has 0 unspecified atom stereocenters. The Bertz CT molecular complexity index is 557. The predicted molar refractivity (Wildman–Crippen MR) is 79.7 cm³/mol. The van der Waals surface area contributed by atoms with Crippen molar-refractivity contribution < 1.29 is 28.6 Å². The summed E-state index contributed by atoms with van der Waals surface area (Å²) in [7, 11) is 0. The van der Waals surface area contributed by atoms with E-state index in [1.54, 1.807) is 12.1 Å². The maximum absolute atomic E-state index is 13.0. The number of benzene rings is 1. The topological polar surface area (TPSA) is 84.9 Å². The number of hydrogen-bond donors (Lipinski definition) is 2. The molecule has 1 aliphatic heterocycles. The highest BCUT2D eigenvalue weighted by molar-refractivity contribution is 5.87. The number of carbonyl (C=O) groups is 2. The van der Waals surface area contributed by atoms with Crippen LogP contribution in [0.1, 0.15) is 25.7 Å². The average molecular weight is 325 g/mol. The van der Waals surface area contributed by atoms with E-state index in [-0.39, 0.29) is 37.6 Å². The minimum absolute atomic E-state index is 0.144. The second kappa shape index (κ2) is 7.92. The number of rotatable bonds is 7. The molecule has 23 heavy (non-hydrogen) atoms. The molecule has 2 N–H and O–H groups in total. The maximum atomic E-state index is 13.0. The van der Waals surface area contributed by atoms with E-state index in [4.69, 9.17) is 9.47 Å². The van der Waals surface area contributed by atoms with E-state index < -0.39 is 11.5 Å². The van der Waals surface area contributed by atoms with E-state index >= 15 is 0 Å². The molecule has 0 spiro atoms. The van der Waals surface area contributed by atoms with Crippen molar-refractivity contribution in [2.45, 2.75) is 31.2 Å². The van der Waals surface area contributed by atoms with Crippen molar-refractivity contribution in [3.8, 4) is 5.75 Å². The zero-order chi connectivity index (χ0) is 16.7. The summed E-state index contributed by atoms with van der Waals surface area (Å²) in [6, 6.07) is 5.75. The molecule has 2 rings (SSSR count). The van der Waals surface area contributed by atoms with Gasteiger partial charge in [0.1, 0.15) is 17.1 Å². The number of hydrogen-bond acceptors (Lipinski definition) is 4. The molecule has 0 bridgehead atoms. The van der Waals surface area contributed by atoms with Gasteiger partial charge in [-0.05, 0) is 18.6 Å². The number of carboxylic acids is 1. The number of amides is 1. The van der Waals surface area contributed by atoms with Crippen LogP contribution in [0.5, 0.6) is 5.75 Å². The summed E-state index contributed by atoms with van der Waals surface area (Å²) in [5.74, 6) is -1.36. The molecule has 0 aliphatic carbocycles. The van der Waals surface area contributed by atoms with Crippen molar-refractivity contribution in [2.75, 3.05) is 19.8 Å². The van der Waals surface area contributed by atoms with E-state index in [1.807, 2.05) is 0 Å². The molecule has 1 aliphatic rings. The Kier molecular flexibility index (Phi) is 5.92. The summed E-state index contributed by atoms with van der Waals surface area (Å²) < 4.78 is 23.5. The van der Waals surface area contributed by atoms with E-state index in [0.29, 0.717) is 25.4 Å². The monoisotopic (exact) mass is 325 g/mol. The summed E-state index contributed by atoms with van der Waals surface area (Å²) in [5, 5.41) is 12.0. The van der Waals surface area contributed by atoms with Crippen LogP contribution in [0, 0.1) is 5.82 Å². The van der Waals surface area contributed by atoms with Crippen molar-refractivity contribution in [2.24, 2.45) is 0 Å². The number of nitrogens with one attached hydrogen (secondary N) is 1. The minimum Gasteiger partial charge on any atom is -0.493 e. The van der Waals surface area contributed by atoms with Gasteiger partial charge >= 0.3 is 5.97 Å². The molecule has 1 aromatic carbocycles. The van der Waals surface area contributed by atoms with Crippen LogP contribution >= 0.6 is 0 Å². The van der Waals surface area contributed by atoms with Gasteiger partial charge in [-0.3, -0.25) is 4.79 Å². The fourth-order valence-corrected chi connectivity index (χ4v) is 2.42. The number of ether oxygens (including phenoxy) is 2. The van der Waals surface area contributed by atoms with Crippen molar-refractivity contribution in [3.05, 3.63) is 30.1 Å². The van der Waals surface area contributed by atoms with Crippen LogP contribution in [-0.4, -0.2) is 42.3 Å². The smallest absolute Gasteiger partial charge is 0.329 e. The number of carboxylic acid groups (broad SMARTS) is 1. The zero-order valence-electron chi connectivity index (χ0n) is 12.7. The van der Waals surface area contributed by atoms with Crippen LogP contribution in [0.4, 0.5) is 4.39 Å². The quantitative estimate of drug-likeness (QED) is 0.746. The van der Waals surface area contributed by atoms with Gasteiger partial charge in [0.05, 0.1) is 6.61 Å². The number of halogens is 1. The molecule has 1 fully saturated rings. The molecule has 1 amide bonds. The fourth-order valence-electron chi connectivity index (χ4n) is 2.42. The molecule has 0 radical (unpaired) electrons. The minimum atomic E-state index is -1.24. The fraction of sp³-hybridized carbons (Fsp3) is 0.500. The van der Waals surface area contributed by atoms with E-state index in [1.165, 1.54) is 12.1 Å². The van der Waals surface area contributed by atoms with Gasteiger partial charge in [0.15, 0.2) is 0 Å². The Morgan fingerprint density at radius 1 is 1.35 bits per heavy atom. The number of aliphatic carboxylic acids is 1. The first-order chi connectivity index (χ1) is 11.0. The highest BCUT2D eigenvalue weighted by atomic mass is 19.1. The Morgan fingerprint density at radius 3 is 2.74 bits per heavy atom. The lowest BCUT2D eigenvalue weighted by molar-refractivity contribution is -0.152. The van der Waals surface area contributed by atoms with Crippen molar-refractivity contribution in [3.63, 3.8) is 0 Å². The Hall–Kier alpha value is -2.15. The standard InChI is InChI=1S/C16H20FNO5/c17-12-3-1-4-13(11-12)23-8-2-5-14(19)18-16(15(20)21)6-9-22-10-7-16/h1,3-4,11H,2,5-10H2,(H,18,19)(H,20,21). The van der Waals surface area contributed by atoms with Gasteiger partial charge in [-0.25, -0.2) is 9.18 Å². The third kappa shape index (κ3) is 4.92. The SMILES string of the molecule is O=C(CCCOc1cccc(F)c1)NC1(C(=O)O)CCOCC1. The molecule has 7 heteroatoms. The van der Waals surface area contributed by atoms with Gasteiger partial charge in [0.2, 0.25) is 5.91 Å². The molecular weight excluding hydrogens is 305 g/mol. The molecule has 0 saturated carbocycles. The lowest BCUT2D eigenvalue weighted by atomic mass is 9.90. The van der Waals surface area contributed by atoms with Crippen LogP contribution < -0.4 is 10.1 Å². The van der Waals surface area contributed by atoms with Crippen molar-refractivity contribution in [1.29, 1.82) is 0 Å². The first kappa shape index (κ1) is 17.2. The molecule has 1 saturated heterocycles. The normalized spacial score (nSPS) is 16.6. The molecule has 1 heterocycles. The number of carbonyl (C=O) groups excluding carboxylic acids is 1. The van der Waals surface area contributed by atoms with Crippen LogP contribution in [0.2, 0.25) is 0 Å². The van der Waals surface area contributed by atoms with Crippen molar-refractivity contribution >= 4 is 11.9 Å². The van der Waals surface area contributed by atoms with E-state index in [9.17, 15) is 19.1 Å². The summed E-state index contributed by atoms with van der Waals surface area (Å²) in [6.07, 6.45) is 1.07. The van der Waals surface area contributed by atoms with Crippen LogP contribution in [-0.2, 0) is 14.3 Å². The Morgan fingerprint density at radius 2 is 2.09 bits per heavy atom. The van der Waals surface area contributed by atoms with Crippen LogP contribution in [0.15, 0.2) is 24.3 Å². The van der Waals surface area contributed by atoms with Gasteiger partial charge < -0.3 is 19.9 Å². The molecular formula is C16H20FNO5. The second-order valence-electron chi connectivity index (χ2n) is 5.46. The first-order valence-electron chi connectivity index (χ1n) is 7.52. The molecule has 126 valence electrons. The van der Waals surface area contributed by atoms with Crippen molar-refractivity contribution in [1.82, 2.24) is 5.32 Å².